The molecule has 2 aliphatic carbocycles. The van der Waals surface area contributed by atoms with Crippen molar-refractivity contribution in [3.63, 3.8) is 0 Å². The van der Waals surface area contributed by atoms with Crippen LogP contribution in [0.5, 0.6) is 5.75 Å². The number of para-hydroxylation sites is 1. The number of ether oxygens (including phenoxy) is 1. The van der Waals surface area contributed by atoms with Gasteiger partial charge >= 0.3 is 0 Å². The summed E-state index contributed by atoms with van der Waals surface area (Å²) >= 11 is 1.68. The molecule has 1 spiro atoms. The van der Waals surface area contributed by atoms with Gasteiger partial charge in [-0.2, -0.15) is 5.26 Å². The van der Waals surface area contributed by atoms with Crippen molar-refractivity contribution in [3.05, 3.63) is 179 Å². The fraction of sp³-hybridized carbons (Fsp3) is 0.0222. The van der Waals surface area contributed by atoms with Crippen molar-refractivity contribution in [1.29, 1.82) is 5.26 Å². The number of thioether (sulfide) groups is 1. The zero-order chi connectivity index (χ0) is 34.4. The molecule has 1 atom stereocenters. The smallest absolute Gasteiger partial charge is 0.164 e. The lowest BCUT2D eigenvalue weighted by Gasteiger charge is -2.31. The fourth-order valence-electron chi connectivity index (χ4n) is 7.95. The first-order chi connectivity index (χ1) is 25.7. The van der Waals surface area contributed by atoms with Crippen LogP contribution in [0.2, 0.25) is 0 Å². The van der Waals surface area contributed by atoms with Gasteiger partial charge in [-0.25, -0.2) is 15.0 Å². The molecule has 0 radical (unpaired) electrons. The molecule has 0 amide bonds. The maximum Gasteiger partial charge on any atom is 0.164 e. The first kappa shape index (κ1) is 29.0. The summed E-state index contributed by atoms with van der Waals surface area (Å²) in [7, 11) is 0. The van der Waals surface area contributed by atoms with Crippen molar-refractivity contribution in [2.45, 2.75) is 10.3 Å². The van der Waals surface area contributed by atoms with Gasteiger partial charge in [0.15, 0.2) is 17.5 Å². The number of furan rings is 1. The molecule has 8 aromatic rings. The second-order valence-electron chi connectivity index (χ2n) is 13.0. The van der Waals surface area contributed by atoms with E-state index in [-0.39, 0.29) is 0 Å². The number of aromatic nitrogens is 3. The number of hydrogen-bond donors (Lipinski definition) is 0. The SMILES string of the molecule is N#Cc1ccc2c(c1)OC1=C(S2)c2c(oc3ccccc23)C12c1ccccc1-c1cc(-c3nc(-c4ccccc4)nc(-c4ccccc4)n3)ccc12. The summed E-state index contributed by atoms with van der Waals surface area (Å²) in [6.07, 6.45) is 0. The largest absolute Gasteiger partial charge is 0.459 e. The van der Waals surface area contributed by atoms with E-state index in [0.29, 0.717) is 28.8 Å². The highest BCUT2D eigenvalue weighted by Crippen LogP contribution is 2.67. The Hall–Kier alpha value is -6.75. The Balaban J connectivity index is 1.16. The van der Waals surface area contributed by atoms with Crippen LogP contribution < -0.4 is 4.74 Å². The van der Waals surface area contributed by atoms with Crippen molar-refractivity contribution in [2.75, 3.05) is 0 Å². The van der Waals surface area contributed by atoms with Gasteiger partial charge in [0.1, 0.15) is 28.3 Å². The Bertz CT molecular complexity index is 2820. The molecule has 52 heavy (non-hydrogen) atoms. The van der Waals surface area contributed by atoms with Gasteiger partial charge < -0.3 is 9.15 Å². The van der Waals surface area contributed by atoms with Crippen molar-refractivity contribution in [1.82, 2.24) is 15.0 Å². The average Bonchev–Trinajstić information content (AvgIpc) is 3.83. The molecule has 3 heterocycles. The maximum atomic E-state index is 9.75. The fourth-order valence-corrected chi connectivity index (χ4v) is 9.10. The lowest BCUT2D eigenvalue weighted by atomic mass is 9.76. The van der Waals surface area contributed by atoms with Gasteiger partial charge in [0.05, 0.1) is 21.4 Å². The Labute approximate surface area is 302 Å². The van der Waals surface area contributed by atoms with Crippen LogP contribution >= 0.6 is 11.8 Å². The highest BCUT2D eigenvalue weighted by atomic mass is 32.2. The third-order valence-corrected chi connectivity index (χ3v) is 11.4. The second-order valence-corrected chi connectivity index (χ2v) is 14.1. The summed E-state index contributed by atoms with van der Waals surface area (Å²) in [6, 6.07) is 51.2. The molecule has 0 bridgehead atoms. The molecule has 3 aliphatic rings. The number of rotatable bonds is 3. The van der Waals surface area contributed by atoms with Crippen LogP contribution in [-0.4, -0.2) is 15.0 Å². The van der Waals surface area contributed by atoms with E-state index in [1.54, 1.807) is 11.8 Å². The number of allylic oxidation sites excluding steroid dienone is 1. The molecule has 11 rings (SSSR count). The standard InChI is InChI=1S/C45H24N4O2S/c46-25-26-19-22-37-36(23-26)51-41-39(52-37)38-31-16-8-10-18-35(31)50-40(38)45(41)33-17-9-7-15-30(33)32-24-29(20-21-34(32)45)44-48-42(27-11-3-1-4-12-27)47-43(49-44)28-13-5-2-6-14-28/h1-24H. The molecule has 1 unspecified atom stereocenters. The van der Waals surface area contributed by atoms with Crippen molar-refractivity contribution in [3.8, 4) is 57.1 Å². The summed E-state index contributed by atoms with van der Waals surface area (Å²) in [6.45, 7) is 0. The van der Waals surface area contributed by atoms with Crippen LogP contribution in [-0.2, 0) is 5.41 Å². The lowest BCUT2D eigenvalue weighted by Crippen LogP contribution is -2.30. The van der Waals surface area contributed by atoms with Crippen LogP contribution in [0.25, 0.3) is 61.2 Å². The van der Waals surface area contributed by atoms with Gasteiger partial charge in [0, 0.05) is 27.6 Å². The van der Waals surface area contributed by atoms with Crippen molar-refractivity contribution in [2.24, 2.45) is 0 Å². The zero-order valence-corrected chi connectivity index (χ0v) is 28.2. The predicted octanol–water partition coefficient (Wildman–Crippen LogP) is 10.7. The molecule has 0 N–H and O–H groups in total. The van der Waals surface area contributed by atoms with Crippen LogP contribution in [0.4, 0.5) is 0 Å². The van der Waals surface area contributed by atoms with E-state index in [2.05, 4.69) is 60.7 Å². The number of nitrogens with zero attached hydrogens (tertiary/aromatic N) is 4. The number of benzene rings is 6. The van der Waals surface area contributed by atoms with Crippen LogP contribution in [0.1, 0.15) is 28.0 Å². The molecule has 0 fully saturated rings. The van der Waals surface area contributed by atoms with Gasteiger partial charge in [-0.05, 0) is 52.6 Å². The van der Waals surface area contributed by atoms with Gasteiger partial charge in [-0.3, -0.25) is 0 Å². The topological polar surface area (TPSA) is 84.8 Å². The van der Waals surface area contributed by atoms with Gasteiger partial charge in [0.2, 0.25) is 0 Å². The Morgan fingerprint density at radius 1 is 0.596 bits per heavy atom. The van der Waals surface area contributed by atoms with Crippen LogP contribution in [0.3, 0.4) is 0 Å². The third-order valence-electron chi connectivity index (χ3n) is 10.2. The summed E-state index contributed by atoms with van der Waals surface area (Å²) in [5, 5.41) is 10.8. The van der Waals surface area contributed by atoms with Crippen LogP contribution in [0.15, 0.2) is 161 Å². The number of hydrogen-bond acceptors (Lipinski definition) is 7. The minimum atomic E-state index is -0.856. The minimum Gasteiger partial charge on any atom is -0.459 e. The lowest BCUT2D eigenvalue weighted by molar-refractivity contribution is 0.343. The molecule has 0 saturated heterocycles. The van der Waals surface area contributed by atoms with Gasteiger partial charge in [0.25, 0.3) is 0 Å². The van der Waals surface area contributed by atoms with E-state index in [9.17, 15) is 5.26 Å². The first-order valence-electron chi connectivity index (χ1n) is 17.0. The second kappa shape index (κ2) is 10.9. The molecule has 242 valence electrons. The maximum absolute atomic E-state index is 9.75. The molecule has 6 aromatic carbocycles. The van der Waals surface area contributed by atoms with E-state index >= 15 is 0 Å². The summed E-state index contributed by atoms with van der Waals surface area (Å²) in [5.74, 6) is 4.14. The predicted molar refractivity (Wildman–Crippen MR) is 202 cm³/mol. The average molecular weight is 685 g/mol. The van der Waals surface area contributed by atoms with E-state index in [4.69, 9.17) is 24.1 Å². The van der Waals surface area contributed by atoms with Gasteiger partial charge in [-0.15, -0.1) is 0 Å². The minimum absolute atomic E-state index is 0.552. The molecule has 1 aliphatic heterocycles. The molecule has 6 nitrogen and oxygen atoms in total. The van der Waals surface area contributed by atoms with E-state index in [0.717, 1.165) is 76.8 Å². The Morgan fingerprint density at radius 2 is 1.25 bits per heavy atom. The Kier molecular flexibility index (Phi) is 6.07. The number of nitriles is 1. The number of fused-ring (bicyclic) bond motifs is 12. The van der Waals surface area contributed by atoms with E-state index in [1.165, 1.54) is 0 Å². The molecule has 0 saturated carbocycles. The summed E-state index contributed by atoms with van der Waals surface area (Å²) in [4.78, 5) is 17.0. The third kappa shape index (κ3) is 3.98. The van der Waals surface area contributed by atoms with Crippen molar-refractivity contribution >= 4 is 27.6 Å². The highest BCUT2D eigenvalue weighted by molar-refractivity contribution is 8.08. The quantitative estimate of drug-likeness (QED) is 0.183. The van der Waals surface area contributed by atoms with Crippen LogP contribution in [0, 0.1) is 11.3 Å². The van der Waals surface area contributed by atoms with E-state index < -0.39 is 5.41 Å². The molecular formula is C45H24N4O2S. The normalized spacial score (nSPS) is 16.1. The summed E-state index contributed by atoms with van der Waals surface area (Å²) in [5.41, 5.74) is 8.58. The highest BCUT2D eigenvalue weighted by Gasteiger charge is 2.59. The Morgan fingerprint density at radius 3 is 2.00 bits per heavy atom. The zero-order valence-electron chi connectivity index (χ0n) is 27.4. The summed E-state index contributed by atoms with van der Waals surface area (Å²) < 4.78 is 13.9. The van der Waals surface area contributed by atoms with E-state index in [1.807, 2.05) is 91.0 Å². The first-order valence-corrected chi connectivity index (χ1v) is 17.8. The van der Waals surface area contributed by atoms with Crippen molar-refractivity contribution < 1.29 is 9.15 Å². The van der Waals surface area contributed by atoms with Gasteiger partial charge in [-0.1, -0.05) is 127 Å². The monoisotopic (exact) mass is 684 g/mol. The molecule has 2 aromatic heterocycles. The molecular weight excluding hydrogens is 661 g/mol. The molecule has 7 heteroatoms.